The fourth-order valence-electron chi connectivity index (χ4n) is 2.64. The van der Waals surface area contributed by atoms with Crippen molar-refractivity contribution in [3.05, 3.63) is 29.8 Å². The lowest BCUT2D eigenvalue weighted by molar-refractivity contribution is -0.200. The van der Waals surface area contributed by atoms with E-state index in [0.29, 0.717) is 11.3 Å². The van der Waals surface area contributed by atoms with Crippen LogP contribution in [0.5, 0.6) is 5.75 Å². The van der Waals surface area contributed by atoms with E-state index in [1.54, 1.807) is 38.1 Å². The Bertz CT molecular complexity index is 541. The molecule has 0 unspecified atom stereocenters. The number of rotatable bonds is 4. The highest BCUT2D eigenvalue weighted by Crippen LogP contribution is 2.35. The largest absolute Gasteiger partial charge is 0.497 e. The van der Waals surface area contributed by atoms with Crippen molar-refractivity contribution in [3.8, 4) is 5.75 Å². The van der Waals surface area contributed by atoms with Crippen molar-refractivity contribution in [2.24, 2.45) is 0 Å². The zero-order valence-electron chi connectivity index (χ0n) is 12.7. The second-order valence-electron chi connectivity index (χ2n) is 6.00. The molecule has 0 radical (unpaired) electrons. The fraction of sp³-hybridized carbons (Fsp3) is 0.533. The van der Waals surface area contributed by atoms with Crippen LogP contribution >= 0.6 is 0 Å². The van der Waals surface area contributed by atoms with E-state index in [2.05, 4.69) is 5.43 Å². The minimum Gasteiger partial charge on any atom is -0.497 e. The minimum atomic E-state index is -4.45. The van der Waals surface area contributed by atoms with E-state index < -0.39 is 23.7 Å². The molecule has 0 aliphatic carbocycles. The van der Waals surface area contributed by atoms with Gasteiger partial charge in [0.25, 0.3) is 0 Å². The number of carbonyl (C=O) groups is 1. The molecule has 1 amide bonds. The maximum Gasteiger partial charge on any atom is 0.406 e. The third-order valence-corrected chi connectivity index (χ3v) is 3.77. The van der Waals surface area contributed by atoms with Gasteiger partial charge >= 0.3 is 6.18 Å². The van der Waals surface area contributed by atoms with Crippen LogP contribution in [0.2, 0.25) is 0 Å². The Hall–Kier alpha value is -1.76. The SMILES string of the molecule is COc1ccc(C[C@H](N2NC(=O)CC2(C)C)C(F)(F)F)cc1. The molecule has 22 heavy (non-hydrogen) atoms. The van der Waals surface area contributed by atoms with Crippen LogP contribution in [0.3, 0.4) is 0 Å². The number of halogens is 3. The summed E-state index contributed by atoms with van der Waals surface area (Å²) in [5, 5.41) is 1.03. The van der Waals surface area contributed by atoms with Gasteiger partial charge in [-0.15, -0.1) is 0 Å². The summed E-state index contributed by atoms with van der Waals surface area (Å²) < 4.78 is 45.4. The van der Waals surface area contributed by atoms with Crippen molar-refractivity contribution in [3.63, 3.8) is 0 Å². The molecule has 1 atom stereocenters. The van der Waals surface area contributed by atoms with Crippen LogP contribution in [0.1, 0.15) is 25.8 Å². The molecular weight excluding hydrogens is 297 g/mol. The minimum absolute atomic E-state index is 0.0438. The van der Waals surface area contributed by atoms with E-state index in [4.69, 9.17) is 4.74 Å². The second-order valence-corrected chi connectivity index (χ2v) is 6.00. The summed E-state index contributed by atoms with van der Waals surface area (Å²) in [6.07, 6.45) is -4.64. The van der Waals surface area contributed by atoms with Crippen LogP contribution in [-0.4, -0.2) is 35.8 Å². The van der Waals surface area contributed by atoms with Crippen LogP contribution in [-0.2, 0) is 11.2 Å². The number of carbonyl (C=O) groups excluding carboxylic acids is 1. The molecule has 1 aliphatic rings. The molecule has 2 rings (SSSR count). The highest BCUT2D eigenvalue weighted by atomic mass is 19.4. The Morgan fingerprint density at radius 2 is 1.91 bits per heavy atom. The maximum absolute atomic E-state index is 13.5. The van der Waals surface area contributed by atoms with Gasteiger partial charge in [-0.3, -0.25) is 10.2 Å². The molecule has 0 bridgehead atoms. The Kier molecular flexibility index (Phi) is 4.37. The number of amides is 1. The maximum atomic E-state index is 13.5. The number of hydrazine groups is 1. The van der Waals surface area contributed by atoms with Gasteiger partial charge in [-0.05, 0) is 38.0 Å². The van der Waals surface area contributed by atoms with E-state index in [-0.39, 0.29) is 12.8 Å². The molecular formula is C15H19F3N2O2. The first-order chi connectivity index (χ1) is 10.1. The number of benzene rings is 1. The van der Waals surface area contributed by atoms with Gasteiger partial charge in [-0.1, -0.05) is 12.1 Å². The van der Waals surface area contributed by atoms with E-state index in [1.165, 1.54) is 7.11 Å². The zero-order valence-corrected chi connectivity index (χ0v) is 12.7. The smallest absolute Gasteiger partial charge is 0.406 e. The number of alkyl halides is 3. The molecule has 1 saturated heterocycles. The molecule has 1 aliphatic heterocycles. The monoisotopic (exact) mass is 316 g/mol. The van der Waals surface area contributed by atoms with Gasteiger partial charge in [0.15, 0.2) is 0 Å². The molecule has 1 heterocycles. The standard InChI is InChI=1S/C15H19F3N2O2/c1-14(2)9-13(21)19-20(14)12(15(16,17)18)8-10-4-6-11(22-3)7-5-10/h4-7,12H,8-9H2,1-3H3,(H,19,21)/t12-/m0/s1. The Labute approximate surface area is 127 Å². The lowest BCUT2D eigenvalue weighted by atomic mass is 9.97. The van der Waals surface area contributed by atoms with Gasteiger partial charge < -0.3 is 4.74 Å². The quantitative estimate of drug-likeness (QED) is 0.928. The summed E-state index contributed by atoms with van der Waals surface area (Å²) in [4.78, 5) is 11.5. The number of hydrogen-bond donors (Lipinski definition) is 1. The van der Waals surface area contributed by atoms with Gasteiger partial charge in [0.2, 0.25) is 5.91 Å². The van der Waals surface area contributed by atoms with E-state index in [9.17, 15) is 18.0 Å². The molecule has 4 nitrogen and oxygen atoms in total. The molecule has 0 saturated carbocycles. The molecule has 7 heteroatoms. The Morgan fingerprint density at radius 3 is 2.32 bits per heavy atom. The van der Waals surface area contributed by atoms with Gasteiger partial charge in [0, 0.05) is 12.0 Å². The number of nitrogens with one attached hydrogen (secondary N) is 1. The second kappa shape index (κ2) is 5.79. The Morgan fingerprint density at radius 1 is 1.32 bits per heavy atom. The summed E-state index contributed by atoms with van der Waals surface area (Å²) in [5.41, 5.74) is 1.99. The zero-order chi connectivity index (χ0) is 16.5. The van der Waals surface area contributed by atoms with Crippen LogP contribution in [0.25, 0.3) is 0 Å². The highest BCUT2D eigenvalue weighted by molar-refractivity contribution is 5.78. The highest BCUT2D eigenvalue weighted by Gasteiger charge is 2.51. The molecule has 1 N–H and O–H groups in total. The first kappa shape index (κ1) is 16.6. The molecule has 0 spiro atoms. The van der Waals surface area contributed by atoms with Gasteiger partial charge in [-0.25, -0.2) is 5.01 Å². The van der Waals surface area contributed by atoms with Crippen molar-refractivity contribution >= 4 is 5.91 Å². The number of methoxy groups -OCH3 is 1. The van der Waals surface area contributed by atoms with E-state index in [1.807, 2.05) is 0 Å². The third-order valence-electron chi connectivity index (χ3n) is 3.77. The van der Waals surface area contributed by atoms with E-state index >= 15 is 0 Å². The van der Waals surface area contributed by atoms with Crippen LogP contribution in [0, 0.1) is 0 Å². The van der Waals surface area contributed by atoms with Crippen molar-refractivity contribution in [2.75, 3.05) is 7.11 Å². The average molecular weight is 316 g/mol. The van der Waals surface area contributed by atoms with Crippen LogP contribution < -0.4 is 10.2 Å². The predicted molar refractivity (Wildman–Crippen MR) is 75.2 cm³/mol. The number of ether oxygens (including phenoxy) is 1. The molecule has 0 aromatic heterocycles. The molecule has 1 aromatic carbocycles. The normalized spacial score (nSPS) is 19.8. The van der Waals surface area contributed by atoms with Gasteiger partial charge in [0.1, 0.15) is 11.8 Å². The molecule has 122 valence electrons. The summed E-state index contributed by atoms with van der Waals surface area (Å²) in [5.74, 6) is 0.191. The third kappa shape index (κ3) is 3.52. The lowest BCUT2D eigenvalue weighted by Crippen LogP contribution is -2.57. The fourth-order valence-corrected chi connectivity index (χ4v) is 2.64. The van der Waals surface area contributed by atoms with E-state index in [0.717, 1.165) is 5.01 Å². The summed E-state index contributed by atoms with van der Waals surface area (Å²) in [6.45, 7) is 3.25. The average Bonchev–Trinajstić information content (AvgIpc) is 2.68. The summed E-state index contributed by atoms with van der Waals surface area (Å²) in [7, 11) is 1.50. The first-order valence-corrected chi connectivity index (χ1v) is 6.92. The van der Waals surface area contributed by atoms with Crippen LogP contribution in [0.4, 0.5) is 13.2 Å². The predicted octanol–water partition coefficient (Wildman–Crippen LogP) is 2.68. The molecule has 1 fully saturated rings. The first-order valence-electron chi connectivity index (χ1n) is 6.92. The number of nitrogens with zero attached hydrogens (tertiary/aromatic N) is 1. The van der Waals surface area contributed by atoms with Crippen molar-refractivity contribution in [1.82, 2.24) is 10.4 Å². The van der Waals surface area contributed by atoms with Crippen molar-refractivity contribution in [1.29, 1.82) is 0 Å². The number of hydrogen-bond acceptors (Lipinski definition) is 3. The topological polar surface area (TPSA) is 41.6 Å². The van der Waals surface area contributed by atoms with Gasteiger partial charge in [0.05, 0.1) is 7.11 Å². The van der Waals surface area contributed by atoms with Crippen molar-refractivity contribution in [2.45, 2.75) is 44.4 Å². The van der Waals surface area contributed by atoms with Crippen molar-refractivity contribution < 1.29 is 22.7 Å². The van der Waals surface area contributed by atoms with Crippen LogP contribution in [0.15, 0.2) is 24.3 Å². The summed E-state index contributed by atoms with van der Waals surface area (Å²) >= 11 is 0. The lowest BCUT2D eigenvalue weighted by Gasteiger charge is -2.37. The molecule has 1 aromatic rings. The van der Waals surface area contributed by atoms with Gasteiger partial charge in [-0.2, -0.15) is 13.2 Å². The summed E-state index contributed by atoms with van der Waals surface area (Å²) in [6, 6.07) is 4.67. The Balaban J connectivity index is 2.25.